The van der Waals surface area contributed by atoms with Gasteiger partial charge in [0, 0.05) is 35.6 Å². The minimum Gasteiger partial charge on any atom is -0.481 e. The first-order valence-electron chi connectivity index (χ1n) is 12.0. The first kappa shape index (κ1) is 23.5. The molecule has 2 aromatic heterocycles. The monoisotopic (exact) mass is 455 g/mol. The van der Waals surface area contributed by atoms with E-state index >= 15 is 0 Å². The summed E-state index contributed by atoms with van der Waals surface area (Å²) < 4.78 is 5.17. The number of unbranched alkanes of at least 4 members (excludes halogenated alkanes) is 1. The zero-order valence-electron chi connectivity index (χ0n) is 20.0. The van der Waals surface area contributed by atoms with Gasteiger partial charge in [0.25, 0.3) is 0 Å². The fourth-order valence-electron chi connectivity index (χ4n) is 4.17. The topological polar surface area (TPSA) is 96.9 Å². The van der Waals surface area contributed by atoms with E-state index < -0.39 is 0 Å². The van der Waals surface area contributed by atoms with Gasteiger partial charge in [-0.05, 0) is 80.5 Å². The molecule has 0 radical (unpaired) electrons. The van der Waals surface area contributed by atoms with E-state index in [1.807, 2.05) is 13.1 Å². The summed E-state index contributed by atoms with van der Waals surface area (Å²) in [5.74, 6) is 0.868. The van der Waals surface area contributed by atoms with Crippen LogP contribution >= 0.6 is 0 Å². The minimum atomic E-state index is 0.386. The molecule has 4 N–H and O–H groups in total. The molecule has 6 heteroatoms. The van der Waals surface area contributed by atoms with Crippen LogP contribution in [-0.4, -0.2) is 29.0 Å². The van der Waals surface area contributed by atoms with E-state index in [1.165, 1.54) is 16.7 Å². The van der Waals surface area contributed by atoms with E-state index in [-0.39, 0.29) is 0 Å². The van der Waals surface area contributed by atoms with Crippen LogP contribution in [0.5, 0.6) is 0 Å². The first-order valence-corrected chi connectivity index (χ1v) is 12.0. The second-order valence-electron chi connectivity index (χ2n) is 8.69. The third-order valence-electron chi connectivity index (χ3n) is 6.01. The molecule has 0 spiro atoms. The highest BCUT2D eigenvalue weighted by atomic mass is 16.5. The predicted octanol–water partition coefficient (Wildman–Crippen LogP) is 6.05. The van der Waals surface area contributed by atoms with E-state index in [0.29, 0.717) is 24.7 Å². The highest BCUT2D eigenvalue weighted by Gasteiger charge is 2.09. The summed E-state index contributed by atoms with van der Waals surface area (Å²) >= 11 is 0. The van der Waals surface area contributed by atoms with Gasteiger partial charge in [0.15, 0.2) is 11.7 Å². The third-order valence-corrected chi connectivity index (χ3v) is 6.01. The molecule has 0 bridgehead atoms. The van der Waals surface area contributed by atoms with Crippen molar-refractivity contribution < 1.29 is 4.74 Å². The molecule has 6 nitrogen and oxygen atoms in total. The molecule has 0 aliphatic rings. The quantitative estimate of drug-likeness (QED) is 0.117. The van der Waals surface area contributed by atoms with E-state index in [1.54, 1.807) is 0 Å². The number of nitrogens with one attached hydrogen (secondary N) is 2. The number of hydrogen-bond donors (Lipinski definition) is 3. The zero-order valence-corrected chi connectivity index (χ0v) is 20.0. The molecule has 34 heavy (non-hydrogen) atoms. The van der Waals surface area contributed by atoms with Crippen LogP contribution in [0.15, 0.2) is 54.7 Å². The predicted molar refractivity (Wildman–Crippen MR) is 142 cm³/mol. The molecule has 0 saturated heterocycles. The molecule has 4 rings (SSSR count). The van der Waals surface area contributed by atoms with Gasteiger partial charge < -0.3 is 15.8 Å². The Kier molecular flexibility index (Phi) is 7.58. The number of fused-ring (bicyclic) bond motifs is 3. The number of anilines is 2. The second kappa shape index (κ2) is 11.0. The normalized spacial score (nSPS) is 11.1. The molecule has 0 aliphatic carbocycles. The molecule has 0 unspecified atom stereocenters. The number of rotatable bonds is 10. The number of aromatic nitrogens is 2. The molecular weight excluding hydrogens is 422 g/mol. The largest absolute Gasteiger partial charge is 0.481 e. The molecule has 2 heterocycles. The summed E-state index contributed by atoms with van der Waals surface area (Å²) in [6.45, 7) is 5.44. The first-order chi connectivity index (χ1) is 16.5. The molecule has 4 aromatic rings. The Labute approximate surface area is 201 Å². The van der Waals surface area contributed by atoms with Crippen molar-refractivity contribution in [2.75, 3.05) is 24.2 Å². The van der Waals surface area contributed by atoms with Crippen LogP contribution in [0.3, 0.4) is 0 Å². The summed E-state index contributed by atoms with van der Waals surface area (Å²) in [5, 5.41) is 13.3. The second-order valence-corrected chi connectivity index (χ2v) is 8.69. The minimum absolute atomic E-state index is 0.386. The SMILES string of the molecule is CCOC(=N)CCCCNc1ccc(CCc2cnc3c(N)nc4cc(C)ccc4c3c2)cc1. The van der Waals surface area contributed by atoms with Gasteiger partial charge in [0.05, 0.1) is 12.1 Å². The van der Waals surface area contributed by atoms with Crippen LogP contribution in [0.2, 0.25) is 0 Å². The van der Waals surface area contributed by atoms with E-state index in [9.17, 15) is 0 Å². The average molecular weight is 456 g/mol. The summed E-state index contributed by atoms with van der Waals surface area (Å²) in [5.41, 5.74) is 12.7. The van der Waals surface area contributed by atoms with Crippen molar-refractivity contribution in [3.63, 3.8) is 0 Å². The number of nitrogen functional groups attached to an aromatic ring is 1. The van der Waals surface area contributed by atoms with Crippen LogP contribution in [0, 0.1) is 12.3 Å². The molecule has 2 aromatic carbocycles. The maximum Gasteiger partial charge on any atom is 0.180 e. The Hall–Kier alpha value is -3.67. The van der Waals surface area contributed by atoms with Gasteiger partial charge >= 0.3 is 0 Å². The van der Waals surface area contributed by atoms with E-state index in [2.05, 4.69) is 70.7 Å². The summed E-state index contributed by atoms with van der Waals surface area (Å²) in [4.78, 5) is 9.17. The molecule has 176 valence electrons. The van der Waals surface area contributed by atoms with Crippen LogP contribution in [-0.2, 0) is 17.6 Å². The van der Waals surface area contributed by atoms with Crippen molar-refractivity contribution in [2.24, 2.45) is 0 Å². The molecule has 0 aliphatic heterocycles. The molecule has 0 saturated carbocycles. The van der Waals surface area contributed by atoms with Gasteiger partial charge in [-0.15, -0.1) is 0 Å². The van der Waals surface area contributed by atoms with Crippen molar-refractivity contribution in [1.29, 1.82) is 5.41 Å². The molecule has 0 fully saturated rings. The Balaban J connectivity index is 1.34. The van der Waals surface area contributed by atoms with Gasteiger partial charge in [-0.1, -0.05) is 24.3 Å². The fraction of sp³-hybridized carbons (Fsp3) is 0.321. The average Bonchev–Trinajstić information content (AvgIpc) is 2.83. The Morgan fingerprint density at radius 1 is 1.00 bits per heavy atom. The van der Waals surface area contributed by atoms with Crippen molar-refractivity contribution >= 4 is 39.2 Å². The van der Waals surface area contributed by atoms with Crippen LogP contribution in [0.4, 0.5) is 11.5 Å². The van der Waals surface area contributed by atoms with Gasteiger partial charge in [-0.3, -0.25) is 10.4 Å². The van der Waals surface area contributed by atoms with Crippen molar-refractivity contribution in [1.82, 2.24) is 9.97 Å². The Bertz CT molecular complexity index is 1280. The molecule has 0 amide bonds. The van der Waals surface area contributed by atoms with E-state index in [0.717, 1.165) is 59.7 Å². The summed E-state index contributed by atoms with van der Waals surface area (Å²) in [6, 6.07) is 17.1. The number of pyridine rings is 2. The maximum atomic E-state index is 7.65. The lowest BCUT2D eigenvalue weighted by Gasteiger charge is -2.10. The number of ether oxygens (including phenoxy) is 1. The number of nitrogens with zero attached hydrogens (tertiary/aromatic N) is 2. The standard InChI is InChI=1S/C28H33N5O/c1-3-34-26(29)6-4-5-15-31-22-12-10-20(11-13-22)8-9-21-17-24-23-14-7-19(2)16-25(23)33-28(30)27(24)32-18-21/h7,10-14,16-18,29,31H,3-6,8-9,15H2,1-2H3,(H2,30,33). The summed E-state index contributed by atoms with van der Waals surface area (Å²) in [6.07, 6.45) is 6.46. The lowest BCUT2D eigenvalue weighted by molar-refractivity contribution is 0.312. The summed E-state index contributed by atoms with van der Waals surface area (Å²) in [7, 11) is 0. The lowest BCUT2D eigenvalue weighted by atomic mass is 10.0. The number of benzene rings is 2. The van der Waals surface area contributed by atoms with Gasteiger partial charge in [0.2, 0.25) is 0 Å². The Morgan fingerprint density at radius 3 is 2.59 bits per heavy atom. The van der Waals surface area contributed by atoms with Crippen LogP contribution in [0.25, 0.3) is 21.8 Å². The van der Waals surface area contributed by atoms with Gasteiger partial charge in [-0.2, -0.15) is 0 Å². The van der Waals surface area contributed by atoms with Crippen LogP contribution < -0.4 is 11.1 Å². The zero-order chi connectivity index (χ0) is 23.9. The van der Waals surface area contributed by atoms with E-state index in [4.69, 9.17) is 15.9 Å². The van der Waals surface area contributed by atoms with Crippen molar-refractivity contribution in [2.45, 2.75) is 46.0 Å². The number of nitrogens with two attached hydrogens (primary N) is 1. The highest BCUT2D eigenvalue weighted by molar-refractivity contribution is 6.08. The molecule has 0 atom stereocenters. The molecular formula is C28H33N5O. The number of hydrogen-bond acceptors (Lipinski definition) is 6. The fourth-order valence-corrected chi connectivity index (χ4v) is 4.17. The maximum absolute atomic E-state index is 7.65. The van der Waals surface area contributed by atoms with Gasteiger partial charge in [-0.25, -0.2) is 4.98 Å². The van der Waals surface area contributed by atoms with Gasteiger partial charge in [0.1, 0.15) is 5.52 Å². The third kappa shape index (κ3) is 5.81. The number of aryl methyl sites for hydroxylation is 3. The smallest absolute Gasteiger partial charge is 0.180 e. The van der Waals surface area contributed by atoms with Crippen molar-refractivity contribution in [3.8, 4) is 0 Å². The van der Waals surface area contributed by atoms with Crippen LogP contribution in [0.1, 0.15) is 42.9 Å². The highest BCUT2D eigenvalue weighted by Crippen LogP contribution is 2.28. The lowest BCUT2D eigenvalue weighted by Crippen LogP contribution is -2.05. The van der Waals surface area contributed by atoms with Crippen molar-refractivity contribution in [3.05, 3.63) is 71.4 Å². The Morgan fingerprint density at radius 2 is 1.79 bits per heavy atom.